The molecule has 2 aromatic rings. The van der Waals surface area contributed by atoms with Crippen molar-refractivity contribution >= 4 is 51.9 Å². The van der Waals surface area contributed by atoms with E-state index in [0.717, 1.165) is 11.8 Å². The van der Waals surface area contributed by atoms with Gasteiger partial charge in [-0.15, -0.1) is 0 Å². The van der Waals surface area contributed by atoms with E-state index in [2.05, 4.69) is 0 Å². The molecule has 1 saturated heterocycles. The molecule has 2 N–H and O–H groups in total. The van der Waals surface area contributed by atoms with Crippen LogP contribution in [0.4, 0.5) is 5.69 Å². The number of furan rings is 1. The van der Waals surface area contributed by atoms with Gasteiger partial charge in [0.25, 0.3) is 5.91 Å². The summed E-state index contributed by atoms with van der Waals surface area (Å²) in [5.41, 5.74) is -0.0166. The molecular weight excluding hydrogens is 338 g/mol. The molecule has 116 valence electrons. The molecule has 0 aliphatic carbocycles. The van der Waals surface area contributed by atoms with E-state index < -0.39 is 5.97 Å². The van der Waals surface area contributed by atoms with E-state index in [-0.39, 0.29) is 27.2 Å². The second-order valence-electron chi connectivity index (χ2n) is 4.54. The van der Waals surface area contributed by atoms with E-state index in [0.29, 0.717) is 10.7 Å². The second kappa shape index (κ2) is 5.90. The van der Waals surface area contributed by atoms with Crippen molar-refractivity contribution in [3.63, 3.8) is 0 Å². The number of aromatic carboxylic acids is 1. The third-order valence-corrected chi connectivity index (χ3v) is 4.38. The highest BCUT2D eigenvalue weighted by Crippen LogP contribution is 2.37. The van der Waals surface area contributed by atoms with Gasteiger partial charge in [0, 0.05) is 6.08 Å². The number of anilines is 1. The van der Waals surface area contributed by atoms with E-state index in [1.165, 1.54) is 29.4 Å². The Labute approximate surface area is 140 Å². The second-order valence-corrected chi connectivity index (χ2v) is 6.21. The normalized spacial score (nSPS) is 16.3. The van der Waals surface area contributed by atoms with Gasteiger partial charge in [-0.1, -0.05) is 24.0 Å². The Morgan fingerprint density at radius 3 is 2.78 bits per heavy atom. The van der Waals surface area contributed by atoms with Gasteiger partial charge < -0.3 is 14.6 Å². The summed E-state index contributed by atoms with van der Waals surface area (Å²) in [5, 5.41) is 18.6. The van der Waals surface area contributed by atoms with Crippen molar-refractivity contribution in [2.75, 3.05) is 4.90 Å². The molecule has 1 aliphatic rings. The Morgan fingerprint density at radius 1 is 1.35 bits per heavy atom. The van der Waals surface area contributed by atoms with Crippen LogP contribution in [0, 0.1) is 0 Å². The molecular formula is C15H9NO5S2. The van der Waals surface area contributed by atoms with Gasteiger partial charge in [-0.3, -0.25) is 9.69 Å². The average Bonchev–Trinajstić information content (AvgIpc) is 3.09. The first-order chi connectivity index (χ1) is 11.0. The Morgan fingerprint density at radius 2 is 2.13 bits per heavy atom. The predicted molar refractivity (Wildman–Crippen MR) is 89.4 cm³/mol. The molecule has 2 heterocycles. The zero-order valence-electron chi connectivity index (χ0n) is 11.4. The molecule has 1 aromatic carbocycles. The lowest BCUT2D eigenvalue weighted by atomic mass is 10.1. The summed E-state index contributed by atoms with van der Waals surface area (Å²) in [6.45, 7) is 0. The SMILES string of the molecule is O=C(O)c1cc(N2C(=O)C(=Cc3ccco3)SC2=S)ccc1O. The molecule has 3 rings (SSSR count). The van der Waals surface area contributed by atoms with Gasteiger partial charge in [-0.05, 0) is 30.3 Å². The van der Waals surface area contributed by atoms with Crippen LogP contribution in [-0.2, 0) is 4.79 Å². The van der Waals surface area contributed by atoms with Crippen molar-refractivity contribution < 1.29 is 24.2 Å². The van der Waals surface area contributed by atoms with Crippen molar-refractivity contribution in [1.82, 2.24) is 0 Å². The Hall–Kier alpha value is -2.58. The van der Waals surface area contributed by atoms with Crippen LogP contribution < -0.4 is 4.90 Å². The molecule has 8 heteroatoms. The number of phenols is 1. The number of thiocarbonyl (C=S) groups is 1. The monoisotopic (exact) mass is 347 g/mol. The number of carboxylic acid groups (broad SMARTS) is 1. The summed E-state index contributed by atoms with van der Waals surface area (Å²) in [6.07, 6.45) is 3.06. The number of aromatic hydroxyl groups is 1. The summed E-state index contributed by atoms with van der Waals surface area (Å²) >= 11 is 6.29. The third-order valence-electron chi connectivity index (χ3n) is 3.08. The van der Waals surface area contributed by atoms with Crippen LogP contribution in [0.1, 0.15) is 16.1 Å². The molecule has 0 saturated carbocycles. The molecule has 23 heavy (non-hydrogen) atoms. The van der Waals surface area contributed by atoms with Crippen molar-refractivity contribution in [2.45, 2.75) is 0 Å². The number of carbonyl (C=O) groups is 2. The maximum absolute atomic E-state index is 12.5. The van der Waals surface area contributed by atoms with E-state index in [4.69, 9.17) is 21.7 Å². The molecule has 0 atom stereocenters. The zero-order valence-corrected chi connectivity index (χ0v) is 13.1. The Balaban J connectivity index is 1.98. The average molecular weight is 347 g/mol. The van der Waals surface area contributed by atoms with Crippen LogP contribution >= 0.6 is 24.0 Å². The highest BCUT2D eigenvalue weighted by molar-refractivity contribution is 8.27. The molecule has 6 nitrogen and oxygen atoms in total. The summed E-state index contributed by atoms with van der Waals surface area (Å²) in [6, 6.07) is 7.26. The zero-order chi connectivity index (χ0) is 16.6. The quantitative estimate of drug-likeness (QED) is 0.651. The largest absolute Gasteiger partial charge is 0.507 e. The van der Waals surface area contributed by atoms with Crippen molar-refractivity contribution in [3.8, 4) is 5.75 Å². The number of hydrogen-bond donors (Lipinski definition) is 2. The number of carboxylic acids is 1. The maximum Gasteiger partial charge on any atom is 0.339 e. The molecule has 0 spiro atoms. The van der Waals surface area contributed by atoms with Gasteiger partial charge in [0.15, 0.2) is 4.32 Å². The summed E-state index contributed by atoms with van der Waals surface area (Å²) in [5.74, 6) is -1.53. The first kappa shape index (κ1) is 15.3. The molecule has 0 unspecified atom stereocenters. The number of hydrogen-bond acceptors (Lipinski definition) is 6. The Bertz CT molecular complexity index is 842. The lowest BCUT2D eigenvalue weighted by molar-refractivity contribution is -0.113. The van der Waals surface area contributed by atoms with Crippen LogP contribution in [0.15, 0.2) is 45.9 Å². The van der Waals surface area contributed by atoms with Gasteiger partial charge in [0.1, 0.15) is 17.1 Å². The fourth-order valence-corrected chi connectivity index (χ4v) is 3.31. The topological polar surface area (TPSA) is 91.0 Å². The van der Waals surface area contributed by atoms with E-state index >= 15 is 0 Å². The minimum Gasteiger partial charge on any atom is -0.507 e. The number of carbonyl (C=O) groups excluding carboxylic acids is 1. The fraction of sp³-hybridized carbons (Fsp3) is 0. The predicted octanol–water partition coefficient (Wildman–Crippen LogP) is 3.09. The van der Waals surface area contributed by atoms with E-state index in [1.54, 1.807) is 18.2 Å². The number of nitrogens with zero attached hydrogens (tertiary/aromatic N) is 1. The smallest absolute Gasteiger partial charge is 0.339 e. The summed E-state index contributed by atoms with van der Waals surface area (Å²) in [7, 11) is 0. The van der Waals surface area contributed by atoms with Gasteiger partial charge in [-0.25, -0.2) is 4.79 Å². The summed E-state index contributed by atoms with van der Waals surface area (Å²) in [4.78, 5) is 25.2. The van der Waals surface area contributed by atoms with Gasteiger partial charge in [-0.2, -0.15) is 0 Å². The highest BCUT2D eigenvalue weighted by Gasteiger charge is 2.34. The van der Waals surface area contributed by atoms with Crippen molar-refractivity contribution in [3.05, 3.63) is 52.8 Å². The number of thioether (sulfide) groups is 1. The molecule has 0 bridgehead atoms. The molecule has 1 aliphatic heterocycles. The van der Waals surface area contributed by atoms with Crippen molar-refractivity contribution in [1.29, 1.82) is 0 Å². The standard InChI is InChI=1S/C15H9NO5S2/c17-11-4-3-8(6-10(11)14(19)20)16-13(18)12(23-15(16)22)7-9-2-1-5-21-9/h1-7,17H,(H,19,20). The maximum atomic E-state index is 12.5. The van der Waals surface area contributed by atoms with Gasteiger partial charge in [0.05, 0.1) is 16.9 Å². The van der Waals surface area contributed by atoms with Crippen molar-refractivity contribution in [2.24, 2.45) is 0 Å². The van der Waals surface area contributed by atoms with Crippen LogP contribution in [-0.4, -0.2) is 26.4 Å². The molecule has 1 amide bonds. The summed E-state index contributed by atoms with van der Waals surface area (Å²) < 4.78 is 5.44. The van der Waals surface area contributed by atoms with E-state index in [9.17, 15) is 14.7 Å². The number of rotatable bonds is 3. The number of benzene rings is 1. The van der Waals surface area contributed by atoms with Gasteiger partial charge in [0.2, 0.25) is 0 Å². The number of amides is 1. The van der Waals surface area contributed by atoms with E-state index in [1.807, 2.05) is 0 Å². The van der Waals surface area contributed by atoms with Crippen LogP contribution in [0.3, 0.4) is 0 Å². The first-order valence-electron chi connectivity index (χ1n) is 6.35. The van der Waals surface area contributed by atoms with Crippen LogP contribution in [0.2, 0.25) is 0 Å². The molecule has 0 radical (unpaired) electrons. The van der Waals surface area contributed by atoms with Gasteiger partial charge >= 0.3 is 5.97 Å². The first-order valence-corrected chi connectivity index (χ1v) is 7.57. The van der Waals surface area contributed by atoms with Crippen LogP contribution in [0.5, 0.6) is 5.75 Å². The van der Waals surface area contributed by atoms with Crippen LogP contribution in [0.25, 0.3) is 6.08 Å². The third kappa shape index (κ3) is 2.86. The Kier molecular flexibility index (Phi) is 3.93. The molecule has 1 fully saturated rings. The highest BCUT2D eigenvalue weighted by atomic mass is 32.2. The minimum atomic E-state index is -1.29. The lowest BCUT2D eigenvalue weighted by Crippen LogP contribution is -2.27. The lowest BCUT2D eigenvalue weighted by Gasteiger charge is -2.15. The fourth-order valence-electron chi connectivity index (χ4n) is 2.03. The minimum absolute atomic E-state index is 0.273. The molecule has 1 aromatic heterocycles.